The van der Waals surface area contributed by atoms with E-state index in [0.717, 1.165) is 4.47 Å². The molecule has 1 rings (SSSR count). The molecular formula is C14H19BrClNO3. The van der Waals surface area contributed by atoms with Gasteiger partial charge in [-0.25, -0.2) is 0 Å². The van der Waals surface area contributed by atoms with Gasteiger partial charge in [-0.1, -0.05) is 18.5 Å². The highest BCUT2D eigenvalue weighted by atomic mass is 79.9. The minimum Gasteiger partial charge on any atom is -0.491 e. The Labute approximate surface area is 132 Å². The molecule has 1 N–H and O–H groups in total. The van der Waals surface area contributed by atoms with Crippen LogP contribution in [0.4, 0.5) is 0 Å². The predicted molar refractivity (Wildman–Crippen MR) is 83.6 cm³/mol. The van der Waals surface area contributed by atoms with E-state index in [0.29, 0.717) is 30.5 Å². The summed E-state index contributed by atoms with van der Waals surface area (Å²) < 4.78 is 6.44. The van der Waals surface area contributed by atoms with Crippen LogP contribution in [0.3, 0.4) is 0 Å². The second-order valence-corrected chi connectivity index (χ2v) is 6.16. The highest BCUT2D eigenvalue weighted by molar-refractivity contribution is 9.10. The molecule has 1 aromatic carbocycles. The Bertz CT molecular complexity index is 479. The number of hydrogen-bond acceptors (Lipinski definition) is 3. The van der Waals surface area contributed by atoms with Crippen LogP contribution in [-0.4, -0.2) is 41.2 Å². The number of ether oxygens (including phenoxy) is 1. The monoisotopic (exact) mass is 363 g/mol. The van der Waals surface area contributed by atoms with Crippen molar-refractivity contribution in [1.82, 2.24) is 4.90 Å². The lowest BCUT2D eigenvalue weighted by atomic mass is 10.0. The van der Waals surface area contributed by atoms with Crippen LogP contribution in [-0.2, 0) is 4.79 Å². The molecule has 0 fully saturated rings. The summed E-state index contributed by atoms with van der Waals surface area (Å²) in [6, 6.07) is 5.29. The smallest absolute Gasteiger partial charge is 0.323 e. The van der Waals surface area contributed by atoms with Gasteiger partial charge in [0.1, 0.15) is 17.9 Å². The molecule has 0 unspecified atom stereocenters. The van der Waals surface area contributed by atoms with Crippen molar-refractivity contribution in [3.8, 4) is 5.75 Å². The van der Waals surface area contributed by atoms with Crippen LogP contribution in [0.5, 0.6) is 5.75 Å². The maximum atomic E-state index is 11.2. The van der Waals surface area contributed by atoms with Gasteiger partial charge in [-0.3, -0.25) is 9.69 Å². The SMILES string of the molecule is CCN(CCOc1ccc(Cl)cc1Br)C(C)(C)C(=O)O. The van der Waals surface area contributed by atoms with Crippen molar-refractivity contribution >= 4 is 33.5 Å². The van der Waals surface area contributed by atoms with E-state index in [1.807, 2.05) is 11.8 Å². The highest BCUT2D eigenvalue weighted by Crippen LogP contribution is 2.28. The number of nitrogens with zero attached hydrogens (tertiary/aromatic N) is 1. The first-order valence-corrected chi connectivity index (χ1v) is 7.52. The molecule has 0 aromatic heterocycles. The van der Waals surface area contributed by atoms with Gasteiger partial charge < -0.3 is 9.84 Å². The Kier molecular flexibility index (Phi) is 6.30. The number of rotatable bonds is 7. The molecule has 0 heterocycles. The third-order valence-electron chi connectivity index (χ3n) is 3.21. The number of likely N-dealkylation sites (N-methyl/N-ethyl adjacent to an activating group) is 1. The van der Waals surface area contributed by atoms with Gasteiger partial charge in [-0.2, -0.15) is 0 Å². The summed E-state index contributed by atoms with van der Waals surface area (Å²) in [6.07, 6.45) is 0. The average molecular weight is 365 g/mol. The van der Waals surface area contributed by atoms with Gasteiger partial charge in [0.2, 0.25) is 0 Å². The lowest BCUT2D eigenvalue weighted by Crippen LogP contribution is -2.51. The number of hydrogen-bond donors (Lipinski definition) is 1. The van der Waals surface area contributed by atoms with E-state index >= 15 is 0 Å². The van der Waals surface area contributed by atoms with E-state index in [9.17, 15) is 9.90 Å². The summed E-state index contributed by atoms with van der Waals surface area (Å²) in [5.74, 6) is -0.148. The first-order chi connectivity index (χ1) is 9.28. The quantitative estimate of drug-likeness (QED) is 0.802. The minimum atomic E-state index is -0.907. The molecule has 0 saturated carbocycles. The van der Waals surface area contributed by atoms with E-state index in [-0.39, 0.29) is 0 Å². The second kappa shape index (κ2) is 7.29. The van der Waals surface area contributed by atoms with Crippen molar-refractivity contribution in [2.24, 2.45) is 0 Å². The van der Waals surface area contributed by atoms with E-state index < -0.39 is 11.5 Å². The zero-order valence-corrected chi connectivity index (χ0v) is 14.2. The molecule has 112 valence electrons. The Morgan fingerprint density at radius 3 is 2.65 bits per heavy atom. The number of carboxylic acid groups (broad SMARTS) is 1. The van der Waals surface area contributed by atoms with E-state index in [1.54, 1.807) is 32.0 Å². The van der Waals surface area contributed by atoms with Crippen molar-refractivity contribution in [2.45, 2.75) is 26.3 Å². The summed E-state index contributed by atoms with van der Waals surface area (Å²) >= 11 is 9.24. The van der Waals surface area contributed by atoms with Gasteiger partial charge >= 0.3 is 5.97 Å². The molecule has 0 spiro atoms. The molecule has 6 heteroatoms. The third-order valence-corrected chi connectivity index (χ3v) is 4.06. The van der Waals surface area contributed by atoms with Gasteiger partial charge in [0, 0.05) is 11.6 Å². The number of aliphatic carboxylic acids is 1. The summed E-state index contributed by atoms with van der Waals surface area (Å²) in [7, 11) is 0. The fourth-order valence-corrected chi connectivity index (χ4v) is 2.62. The van der Waals surface area contributed by atoms with Crippen molar-refractivity contribution in [2.75, 3.05) is 19.7 Å². The second-order valence-electron chi connectivity index (χ2n) is 4.87. The molecule has 0 aliphatic heterocycles. The topological polar surface area (TPSA) is 49.8 Å². The van der Waals surface area contributed by atoms with Crippen molar-refractivity contribution in [3.05, 3.63) is 27.7 Å². The van der Waals surface area contributed by atoms with Crippen molar-refractivity contribution in [3.63, 3.8) is 0 Å². The van der Waals surface area contributed by atoms with Crippen LogP contribution >= 0.6 is 27.5 Å². The largest absolute Gasteiger partial charge is 0.491 e. The summed E-state index contributed by atoms with van der Waals surface area (Å²) in [5, 5.41) is 9.86. The summed E-state index contributed by atoms with van der Waals surface area (Å²) in [4.78, 5) is 13.1. The van der Waals surface area contributed by atoms with Gasteiger partial charge in [0.05, 0.1) is 4.47 Å². The molecule has 0 saturated heterocycles. The fourth-order valence-electron chi connectivity index (χ4n) is 1.83. The Balaban J connectivity index is 2.60. The average Bonchev–Trinajstić information content (AvgIpc) is 2.36. The minimum absolute atomic E-state index is 0.408. The van der Waals surface area contributed by atoms with E-state index in [2.05, 4.69) is 15.9 Å². The summed E-state index contributed by atoms with van der Waals surface area (Å²) in [6.45, 7) is 6.90. The first-order valence-electron chi connectivity index (χ1n) is 6.35. The van der Waals surface area contributed by atoms with Crippen LogP contribution in [0.1, 0.15) is 20.8 Å². The molecule has 0 bridgehead atoms. The third kappa shape index (κ3) is 4.36. The predicted octanol–water partition coefficient (Wildman–Crippen LogP) is 3.67. The van der Waals surface area contributed by atoms with Crippen LogP contribution < -0.4 is 4.74 Å². The fraction of sp³-hybridized carbons (Fsp3) is 0.500. The zero-order chi connectivity index (χ0) is 15.3. The number of carboxylic acids is 1. The molecule has 0 atom stereocenters. The van der Waals surface area contributed by atoms with Crippen molar-refractivity contribution < 1.29 is 14.6 Å². The van der Waals surface area contributed by atoms with Crippen molar-refractivity contribution in [1.29, 1.82) is 0 Å². The van der Waals surface area contributed by atoms with E-state index in [1.165, 1.54) is 0 Å². The number of benzene rings is 1. The lowest BCUT2D eigenvalue weighted by Gasteiger charge is -2.33. The van der Waals surface area contributed by atoms with Gasteiger partial charge in [0.25, 0.3) is 0 Å². The Morgan fingerprint density at radius 2 is 2.15 bits per heavy atom. The maximum Gasteiger partial charge on any atom is 0.323 e. The zero-order valence-electron chi connectivity index (χ0n) is 11.8. The van der Waals surface area contributed by atoms with E-state index in [4.69, 9.17) is 16.3 Å². The molecule has 20 heavy (non-hydrogen) atoms. The first kappa shape index (κ1) is 17.3. The molecule has 0 radical (unpaired) electrons. The van der Waals surface area contributed by atoms with Crippen LogP contribution in [0.25, 0.3) is 0 Å². The molecule has 0 aliphatic rings. The highest BCUT2D eigenvalue weighted by Gasteiger charge is 2.33. The van der Waals surface area contributed by atoms with Gasteiger partial charge in [-0.15, -0.1) is 0 Å². The molecule has 4 nitrogen and oxygen atoms in total. The van der Waals surface area contributed by atoms with Gasteiger partial charge in [0.15, 0.2) is 0 Å². The number of carbonyl (C=O) groups is 1. The van der Waals surface area contributed by atoms with Crippen LogP contribution in [0.2, 0.25) is 5.02 Å². The Hall–Kier alpha value is -0.780. The lowest BCUT2D eigenvalue weighted by molar-refractivity contribution is -0.149. The molecular weight excluding hydrogens is 346 g/mol. The molecule has 0 aliphatic carbocycles. The number of halogens is 2. The molecule has 0 amide bonds. The van der Waals surface area contributed by atoms with Crippen LogP contribution in [0.15, 0.2) is 22.7 Å². The maximum absolute atomic E-state index is 11.2. The van der Waals surface area contributed by atoms with Crippen LogP contribution in [0, 0.1) is 0 Å². The molecule has 1 aromatic rings. The normalized spacial score (nSPS) is 11.7. The standard InChI is InChI=1S/C14H19BrClNO3/c1-4-17(14(2,3)13(18)19)7-8-20-12-6-5-10(16)9-11(12)15/h5-6,9H,4,7-8H2,1-3H3,(H,18,19). The summed E-state index contributed by atoms with van der Waals surface area (Å²) in [5.41, 5.74) is -0.907. The van der Waals surface area contributed by atoms with Gasteiger partial charge in [-0.05, 0) is 54.5 Å². The Morgan fingerprint density at radius 1 is 1.50 bits per heavy atom.